The molecule has 0 bridgehead atoms. The summed E-state index contributed by atoms with van der Waals surface area (Å²) in [6.07, 6.45) is 0. The molecular formula is C14H17N3O2. The minimum absolute atomic E-state index is 0.0625. The lowest BCUT2D eigenvalue weighted by atomic mass is 10.0. The van der Waals surface area contributed by atoms with Gasteiger partial charge < -0.3 is 16.4 Å². The summed E-state index contributed by atoms with van der Waals surface area (Å²) < 4.78 is 0. The molecule has 0 aliphatic rings. The molecule has 0 aliphatic carbocycles. The van der Waals surface area contributed by atoms with Gasteiger partial charge in [-0.3, -0.25) is 9.59 Å². The Morgan fingerprint density at radius 3 is 2.74 bits per heavy atom. The molecule has 19 heavy (non-hydrogen) atoms. The van der Waals surface area contributed by atoms with Crippen LogP contribution < -0.4 is 16.4 Å². The van der Waals surface area contributed by atoms with E-state index in [1.807, 2.05) is 13.0 Å². The Kier molecular flexibility index (Phi) is 5.58. The number of rotatable bonds is 3. The van der Waals surface area contributed by atoms with Crippen LogP contribution in [0.25, 0.3) is 0 Å². The van der Waals surface area contributed by atoms with Crippen LogP contribution in [-0.2, 0) is 4.79 Å². The number of nitrogens with two attached hydrogens (primary N) is 1. The second-order valence-corrected chi connectivity index (χ2v) is 3.91. The highest BCUT2D eigenvalue weighted by molar-refractivity contribution is 5.98. The van der Waals surface area contributed by atoms with Crippen LogP contribution >= 0.6 is 0 Å². The van der Waals surface area contributed by atoms with Crippen molar-refractivity contribution in [3.8, 4) is 11.8 Å². The van der Waals surface area contributed by atoms with Gasteiger partial charge in [0.05, 0.1) is 18.7 Å². The van der Waals surface area contributed by atoms with Crippen LogP contribution in [0, 0.1) is 18.8 Å². The molecule has 4 N–H and O–H groups in total. The first-order valence-corrected chi connectivity index (χ1v) is 5.87. The average Bonchev–Trinajstić information content (AvgIpc) is 2.42. The van der Waals surface area contributed by atoms with Gasteiger partial charge in [0.1, 0.15) is 0 Å². The number of carbonyl (C=O) groups is 2. The molecule has 0 fully saturated rings. The quantitative estimate of drug-likeness (QED) is 0.656. The van der Waals surface area contributed by atoms with Crippen molar-refractivity contribution in [2.45, 2.75) is 6.92 Å². The van der Waals surface area contributed by atoms with Gasteiger partial charge in [-0.15, -0.1) is 0 Å². The number of likely N-dealkylation sites (N-methyl/N-ethyl adjacent to an activating group) is 1. The number of carbonyl (C=O) groups excluding carboxylic acids is 2. The molecule has 1 rings (SSSR count). The molecule has 0 atom stereocenters. The second-order valence-electron chi connectivity index (χ2n) is 3.91. The summed E-state index contributed by atoms with van der Waals surface area (Å²) in [5.74, 6) is 4.98. The van der Waals surface area contributed by atoms with Crippen LogP contribution in [0.3, 0.4) is 0 Å². The summed E-state index contributed by atoms with van der Waals surface area (Å²) >= 11 is 0. The Morgan fingerprint density at radius 1 is 1.37 bits per heavy atom. The molecule has 0 unspecified atom stereocenters. The fourth-order valence-corrected chi connectivity index (χ4v) is 1.45. The van der Waals surface area contributed by atoms with E-state index in [1.165, 1.54) is 7.05 Å². The standard InChI is InChI=1S/C14H17N3O2/c1-10-5-6-11(4-3-7-15)12(8-10)14(19)17-9-13(18)16-2/h5-6,8H,7,9,15H2,1-2H3,(H,16,18)(H,17,19). The normalized spacial score (nSPS) is 9.21. The molecule has 0 saturated heterocycles. The van der Waals surface area contributed by atoms with Crippen molar-refractivity contribution >= 4 is 11.8 Å². The first-order chi connectivity index (χ1) is 9.08. The molecular weight excluding hydrogens is 242 g/mol. The van der Waals surface area contributed by atoms with Crippen LogP contribution in [0.5, 0.6) is 0 Å². The molecule has 5 nitrogen and oxygen atoms in total. The molecule has 1 aromatic rings. The maximum atomic E-state index is 12.0. The monoisotopic (exact) mass is 259 g/mol. The predicted octanol–water partition coefficient (Wildman–Crippen LogP) is -0.219. The van der Waals surface area contributed by atoms with E-state index < -0.39 is 0 Å². The van der Waals surface area contributed by atoms with E-state index in [0.717, 1.165) is 5.56 Å². The van der Waals surface area contributed by atoms with Gasteiger partial charge in [-0.2, -0.15) is 0 Å². The summed E-state index contributed by atoms with van der Waals surface area (Å²) in [5, 5.41) is 4.98. The third kappa shape index (κ3) is 4.45. The lowest BCUT2D eigenvalue weighted by Gasteiger charge is -2.07. The van der Waals surface area contributed by atoms with Crippen molar-refractivity contribution in [2.75, 3.05) is 20.1 Å². The van der Waals surface area contributed by atoms with E-state index in [2.05, 4.69) is 22.5 Å². The lowest BCUT2D eigenvalue weighted by Crippen LogP contribution is -2.35. The van der Waals surface area contributed by atoms with Gasteiger partial charge >= 0.3 is 0 Å². The van der Waals surface area contributed by atoms with Gasteiger partial charge in [0.15, 0.2) is 0 Å². The van der Waals surface area contributed by atoms with Gasteiger partial charge in [-0.05, 0) is 19.1 Å². The molecule has 2 amide bonds. The molecule has 0 aromatic heterocycles. The van der Waals surface area contributed by atoms with Crippen LogP contribution in [0.2, 0.25) is 0 Å². The average molecular weight is 259 g/mol. The van der Waals surface area contributed by atoms with E-state index in [9.17, 15) is 9.59 Å². The van der Waals surface area contributed by atoms with Gasteiger partial charge in [-0.1, -0.05) is 23.5 Å². The Balaban J connectivity index is 2.94. The zero-order chi connectivity index (χ0) is 14.3. The van der Waals surface area contributed by atoms with Crippen molar-refractivity contribution in [1.29, 1.82) is 0 Å². The molecule has 5 heteroatoms. The minimum Gasteiger partial charge on any atom is -0.358 e. The van der Waals surface area contributed by atoms with Crippen molar-refractivity contribution in [3.63, 3.8) is 0 Å². The lowest BCUT2D eigenvalue weighted by molar-refractivity contribution is -0.119. The molecule has 0 aliphatic heterocycles. The van der Waals surface area contributed by atoms with Crippen LogP contribution in [0.15, 0.2) is 18.2 Å². The summed E-state index contributed by atoms with van der Waals surface area (Å²) in [6.45, 7) is 2.05. The zero-order valence-electron chi connectivity index (χ0n) is 11.0. The minimum atomic E-state index is -0.325. The van der Waals surface area contributed by atoms with Crippen molar-refractivity contribution < 1.29 is 9.59 Å². The molecule has 0 heterocycles. The Hall–Kier alpha value is -2.32. The SMILES string of the molecule is CNC(=O)CNC(=O)c1cc(C)ccc1C#CCN. The predicted molar refractivity (Wildman–Crippen MR) is 73.5 cm³/mol. The van der Waals surface area contributed by atoms with Gasteiger partial charge in [0.2, 0.25) is 5.91 Å². The number of hydrogen-bond donors (Lipinski definition) is 3. The Bertz CT molecular complexity index is 541. The number of aryl methyl sites for hydroxylation is 1. The molecule has 0 spiro atoms. The smallest absolute Gasteiger partial charge is 0.252 e. The number of hydrogen-bond acceptors (Lipinski definition) is 3. The van der Waals surface area contributed by atoms with Crippen molar-refractivity contribution in [1.82, 2.24) is 10.6 Å². The fraction of sp³-hybridized carbons (Fsp3) is 0.286. The van der Waals surface area contributed by atoms with E-state index >= 15 is 0 Å². The zero-order valence-corrected chi connectivity index (χ0v) is 11.0. The van der Waals surface area contributed by atoms with Crippen LogP contribution in [0.4, 0.5) is 0 Å². The van der Waals surface area contributed by atoms with Gasteiger partial charge in [-0.25, -0.2) is 0 Å². The molecule has 1 aromatic carbocycles. The maximum Gasteiger partial charge on any atom is 0.252 e. The van der Waals surface area contributed by atoms with E-state index in [0.29, 0.717) is 11.1 Å². The van der Waals surface area contributed by atoms with Crippen LogP contribution in [-0.4, -0.2) is 32.0 Å². The molecule has 0 radical (unpaired) electrons. The van der Waals surface area contributed by atoms with Gasteiger partial charge in [0, 0.05) is 12.6 Å². The van der Waals surface area contributed by atoms with Crippen molar-refractivity contribution in [2.24, 2.45) is 5.73 Å². The topological polar surface area (TPSA) is 84.2 Å². The fourth-order valence-electron chi connectivity index (χ4n) is 1.45. The largest absolute Gasteiger partial charge is 0.358 e. The molecule has 0 saturated carbocycles. The number of nitrogens with one attached hydrogen (secondary N) is 2. The van der Waals surface area contributed by atoms with Gasteiger partial charge in [0.25, 0.3) is 5.91 Å². The maximum absolute atomic E-state index is 12.0. The summed E-state index contributed by atoms with van der Waals surface area (Å²) in [7, 11) is 1.51. The molecule has 100 valence electrons. The Labute approximate surface area is 112 Å². The first kappa shape index (κ1) is 14.7. The number of benzene rings is 1. The third-order valence-electron chi connectivity index (χ3n) is 2.43. The summed E-state index contributed by atoms with van der Waals surface area (Å²) in [4.78, 5) is 23.1. The Morgan fingerprint density at radius 2 is 2.11 bits per heavy atom. The van der Waals surface area contributed by atoms with E-state index in [-0.39, 0.29) is 24.9 Å². The number of amides is 2. The summed E-state index contributed by atoms with van der Waals surface area (Å²) in [6, 6.07) is 5.38. The highest BCUT2D eigenvalue weighted by atomic mass is 16.2. The third-order valence-corrected chi connectivity index (χ3v) is 2.43. The van der Waals surface area contributed by atoms with E-state index in [4.69, 9.17) is 5.73 Å². The first-order valence-electron chi connectivity index (χ1n) is 5.87. The highest BCUT2D eigenvalue weighted by Gasteiger charge is 2.11. The van der Waals surface area contributed by atoms with Crippen molar-refractivity contribution in [3.05, 3.63) is 34.9 Å². The summed E-state index contributed by atoms with van der Waals surface area (Å²) in [5.41, 5.74) is 7.32. The highest BCUT2D eigenvalue weighted by Crippen LogP contribution is 2.10. The second kappa shape index (κ2) is 7.19. The van der Waals surface area contributed by atoms with E-state index in [1.54, 1.807) is 12.1 Å². The van der Waals surface area contributed by atoms with Crippen LogP contribution in [0.1, 0.15) is 21.5 Å².